The molecular formula is C16H29N3S. The van der Waals surface area contributed by atoms with Crippen LogP contribution in [-0.2, 0) is 5.75 Å². The molecule has 0 aliphatic heterocycles. The van der Waals surface area contributed by atoms with Crippen molar-refractivity contribution in [3.05, 3.63) is 22.8 Å². The summed E-state index contributed by atoms with van der Waals surface area (Å²) in [6, 6.07) is 0. The normalized spacial score (nSPS) is 12.7. The predicted molar refractivity (Wildman–Crippen MR) is 89.5 cm³/mol. The topological polar surface area (TPSA) is 37.8 Å². The molecule has 20 heavy (non-hydrogen) atoms. The van der Waals surface area contributed by atoms with Crippen molar-refractivity contribution in [3.8, 4) is 0 Å². The van der Waals surface area contributed by atoms with Crippen LogP contribution in [0.3, 0.4) is 0 Å². The van der Waals surface area contributed by atoms with E-state index >= 15 is 0 Å². The zero-order chi connectivity index (χ0) is 15.0. The standard InChI is InChI=1S/C16H29N3S/c1-6-8-17-10-12(3)16-13(4)18-15(19-14(16)5)11-20-9-7-2/h12,17H,6-11H2,1-5H3. The number of aryl methyl sites for hydroxylation is 2. The van der Waals surface area contributed by atoms with Crippen LogP contribution in [0, 0.1) is 13.8 Å². The number of nitrogens with zero attached hydrogens (tertiary/aromatic N) is 2. The van der Waals surface area contributed by atoms with Gasteiger partial charge in [0.15, 0.2) is 0 Å². The number of thioether (sulfide) groups is 1. The van der Waals surface area contributed by atoms with E-state index in [2.05, 4.69) is 39.9 Å². The highest BCUT2D eigenvalue weighted by Crippen LogP contribution is 2.22. The van der Waals surface area contributed by atoms with Gasteiger partial charge in [0, 0.05) is 17.9 Å². The van der Waals surface area contributed by atoms with Gasteiger partial charge < -0.3 is 5.32 Å². The summed E-state index contributed by atoms with van der Waals surface area (Å²) in [6.07, 6.45) is 2.38. The van der Waals surface area contributed by atoms with Gasteiger partial charge in [-0.05, 0) is 50.5 Å². The SMILES string of the molecule is CCCNCC(C)c1c(C)nc(CSCCC)nc1C. The van der Waals surface area contributed by atoms with Crippen molar-refractivity contribution >= 4 is 11.8 Å². The maximum absolute atomic E-state index is 4.70. The zero-order valence-electron chi connectivity index (χ0n) is 13.6. The van der Waals surface area contributed by atoms with E-state index in [9.17, 15) is 0 Å². The Bertz CT molecular complexity index is 384. The first-order valence-electron chi connectivity index (χ1n) is 7.72. The summed E-state index contributed by atoms with van der Waals surface area (Å²) in [5.41, 5.74) is 3.61. The molecule has 114 valence electrons. The number of hydrogen-bond donors (Lipinski definition) is 1. The molecular weight excluding hydrogens is 266 g/mol. The van der Waals surface area contributed by atoms with Gasteiger partial charge in [-0.25, -0.2) is 9.97 Å². The second-order valence-electron chi connectivity index (χ2n) is 5.38. The molecule has 3 nitrogen and oxygen atoms in total. The highest BCUT2D eigenvalue weighted by molar-refractivity contribution is 7.98. The molecule has 0 saturated heterocycles. The van der Waals surface area contributed by atoms with Crippen LogP contribution in [0.25, 0.3) is 0 Å². The maximum Gasteiger partial charge on any atom is 0.138 e. The monoisotopic (exact) mass is 295 g/mol. The van der Waals surface area contributed by atoms with Crippen molar-refractivity contribution in [2.45, 2.75) is 59.1 Å². The maximum atomic E-state index is 4.70. The van der Waals surface area contributed by atoms with Gasteiger partial charge in [0.05, 0.1) is 5.75 Å². The Labute approximate surface area is 128 Å². The van der Waals surface area contributed by atoms with E-state index in [1.165, 1.54) is 24.2 Å². The lowest BCUT2D eigenvalue weighted by Crippen LogP contribution is -2.22. The Morgan fingerprint density at radius 2 is 1.75 bits per heavy atom. The van der Waals surface area contributed by atoms with E-state index in [-0.39, 0.29) is 0 Å². The number of rotatable bonds is 9. The summed E-state index contributed by atoms with van der Waals surface area (Å²) in [6.45, 7) is 13.0. The largest absolute Gasteiger partial charge is 0.316 e. The minimum absolute atomic E-state index is 0.471. The fraction of sp³-hybridized carbons (Fsp3) is 0.750. The van der Waals surface area contributed by atoms with E-state index in [4.69, 9.17) is 9.97 Å². The fourth-order valence-corrected chi connectivity index (χ4v) is 3.22. The first-order chi connectivity index (χ1) is 9.60. The molecule has 0 spiro atoms. The molecule has 0 aliphatic rings. The molecule has 0 saturated carbocycles. The molecule has 0 amide bonds. The smallest absolute Gasteiger partial charge is 0.138 e. The van der Waals surface area contributed by atoms with Gasteiger partial charge in [-0.15, -0.1) is 0 Å². The molecule has 1 unspecified atom stereocenters. The molecule has 1 aromatic rings. The highest BCUT2D eigenvalue weighted by Gasteiger charge is 2.14. The van der Waals surface area contributed by atoms with Crippen molar-refractivity contribution in [3.63, 3.8) is 0 Å². The van der Waals surface area contributed by atoms with Gasteiger partial charge in [-0.3, -0.25) is 0 Å². The quantitative estimate of drug-likeness (QED) is 0.702. The van der Waals surface area contributed by atoms with Crippen molar-refractivity contribution < 1.29 is 0 Å². The van der Waals surface area contributed by atoms with Crippen LogP contribution in [0.1, 0.15) is 62.3 Å². The van der Waals surface area contributed by atoms with Crippen molar-refractivity contribution in [2.75, 3.05) is 18.8 Å². The van der Waals surface area contributed by atoms with Gasteiger partial charge in [0.2, 0.25) is 0 Å². The Morgan fingerprint density at radius 3 is 2.30 bits per heavy atom. The molecule has 1 aromatic heterocycles. The first kappa shape index (κ1) is 17.4. The molecule has 1 rings (SSSR count). The van der Waals surface area contributed by atoms with Crippen LogP contribution in [0.5, 0.6) is 0 Å². The molecule has 0 radical (unpaired) electrons. The molecule has 0 aromatic carbocycles. The van der Waals surface area contributed by atoms with Crippen LogP contribution in [0.2, 0.25) is 0 Å². The van der Waals surface area contributed by atoms with Crippen LogP contribution < -0.4 is 5.32 Å². The molecule has 1 atom stereocenters. The van der Waals surface area contributed by atoms with Gasteiger partial charge in [-0.2, -0.15) is 11.8 Å². The lowest BCUT2D eigenvalue weighted by atomic mass is 9.98. The third-order valence-electron chi connectivity index (χ3n) is 3.32. The van der Waals surface area contributed by atoms with Gasteiger partial charge in [0.1, 0.15) is 5.82 Å². The van der Waals surface area contributed by atoms with E-state index in [0.717, 1.165) is 36.1 Å². The molecule has 1 N–H and O–H groups in total. The summed E-state index contributed by atoms with van der Waals surface area (Å²) in [5, 5.41) is 3.48. The van der Waals surface area contributed by atoms with Crippen LogP contribution in [-0.4, -0.2) is 28.8 Å². The summed E-state index contributed by atoms with van der Waals surface area (Å²) in [5.74, 6) is 3.56. The predicted octanol–water partition coefficient (Wildman–Crippen LogP) is 3.84. The van der Waals surface area contributed by atoms with Crippen LogP contribution >= 0.6 is 11.8 Å². The molecule has 1 heterocycles. The molecule has 0 aliphatic carbocycles. The minimum Gasteiger partial charge on any atom is -0.316 e. The first-order valence-corrected chi connectivity index (χ1v) is 8.88. The molecule has 0 fully saturated rings. The minimum atomic E-state index is 0.471. The van der Waals surface area contributed by atoms with E-state index in [1.807, 2.05) is 11.8 Å². The molecule has 0 bridgehead atoms. The number of nitrogens with one attached hydrogen (secondary N) is 1. The number of hydrogen-bond acceptors (Lipinski definition) is 4. The van der Waals surface area contributed by atoms with Gasteiger partial charge in [0.25, 0.3) is 0 Å². The Kier molecular flexibility index (Phi) is 8.15. The van der Waals surface area contributed by atoms with Crippen molar-refractivity contribution in [2.24, 2.45) is 0 Å². The average molecular weight is 295 g/mol. The highest BCUT2D eigenvalue weighted by atomic mass is 32.2. The van der Waals surface area contributed by atoms with Crippen LogP contribution in [0.4, 0.5) is 0 Å². The third-order valence-corrected chi connectivity index (χ3v) is 4.48. The summed E-state index contributed by atoms with van der Waals surface area (Å²) >= 11 is 1.92. The zero-order valence-corrected chi connectivity index (χ0v) is 14.4. The summed E-state index contributed by atoms with van der Waals surface area (Å²) < 4.78 is 0. The second kappa shape index (κ2) is 9.35. The summed E-state index contributed by atoms with van der Waals surface area (Å²) in [4.78, 5) is 9.39. The van der Waals surface area contributed by atoms with E-state index < -0.39 is 0 Å². The van der Waals surface area contributed by atoms with Gasteiger partial charge in [-0.1, -0.05) is 20.8 Å². The number of aromatic nitrogens is 2. The summed E-state index contributed by atoms with van der Waals surface area (Å²) in [7, 11) is 0. The van der Waals surface area contributed by atoms with Crippen molar-refractivity contribution in [1.82, 2.24) is 15.3 Å². The lowest BCUT2D eigenvalue weighted by Gasteiger charge is -2.18. The van der Waals surface area contributed by atoms with Crippen molar-refractivity contribution in [1.29, 1.82) is 0 Å². The van der Waals surface area contributed by atoms with E-state index in [1.54, 1.807) is 0 Å². The Balaban J connectivity index is 2.72. The Morgan fingerprint density at radius 1 is 1.10 bits per heavy atom. The third kappa shape index (κ3) is 5.41. The second-order valence-corrected chi connectivity index (χ2v) is 6.49. The van der Waals surface area contributed by atoms with E-state index in [0.29, 0.717) is 5.92 Å². The van der Waals surface area contributed by atoms with Crippen LogP contribution in [0.15, 0.2) is 0 Å². The molecule has 4 heteroatoms. The lowest BCUT2D eigenvalue weighted by molar-refractivity contribution is 0.600. The Hall–Kier alpha value is -0.610. The fourth-order valence-electron chi connectivity index (χ4n) is 2.48. The van der Waals surface area contributed by atoms with Gasteiger partial charge >= 0.3 is 0 Å². The average Bonchev–Trinajstić information content (AvgIpc) is 2.38.